The molecule has 0 atom stereocenters. The summed E-state index contributed by atoms with van der Waals surface area (Å²) in [6, 6.07) is 5.02. The van der Waals surface area contributed by atoms with Crippen molar-refractivity contribution in [1.82, 2.24) is 14.8 Å². The molecule has 2 rings (SSSR count). The van der Waals surface area contributed by atoms with Crippen LogP contribution < -0.4 is 0 Å². The van der Waals surface area contributed by atoms with Crippen LogP contribution in [0.5, 0.6) is 0 Å². The van der Waals surface area contributed by atoms with E-state index in [4.69, 9.17) is 0 Å². The molecule has 20 heavy (non-hydrogen) atoms. The number of nitro groups is 1. The van der Waals surface area contributed by atoms with Crippen LogP contribution in [-0.4, -0.2) is 19.7 Å². The molecule has 0 saturated carbocycles. The molecule has 1 aromatic heterocycles. The molecule has 6 nitrogen and oxygen atoms in total. The first-order valence-electron chi connectivity index (χ1n) is 6.32. The average molecular weight is 339 g/mol. The van der Waals surface area contributed by atoms with Gasteiger partial charge in [-0.2, -0.15) is 0 Å². The summed E-state index contributed by atoms with van der Waals surface area (Å²) < 4.78 is 2.04. The Morgan fingerprint density at radius 3 is 2.70 bits per heavy atom. The largest absolute Gasteiger partial charge is 0.310 e. The lowest BCUT2D eigenvalue weighted by molar-refractivity contribution is -0.385. The van der Waals surface area contributed by atoms with Gasteiger partial charge in [-0.15, -0.1) is 10.2 Å². The Hall–Kier alpha value is -1.76. The summed E-state index contributed by atoms with van der Waals surface area (Å²) in [5.74, 6) is 1.61. The maximum absolute atomic E-state index is 10.9. The highest BCUT2D eigenvalue weighted by Crippen LogP contribution is 2.26. The molecule has 0 fully saturated rings. The lowest BCUT2D eigenvalue weighted by Gasteiger charge is -2.08. The number of hydrogen-bond donors (Lipinski definition) is 0. The first-order chi connectivity index (χ1) is 9.58. The van der Waals surface area contributed by atoms with E-state index in [1.807, 2.05) is 4.57 Å². The number of halogens is 1. The van der Waals surface area contributed by atoms with Gasteiger partial charge in [-0.3, -0.25) is 10.1 Å². The van der Waals surface area contributed by atoms with Crippen LogP contribution in [0.15, 0.2) is 18.2 Å². The highest BCUT2D eigenvalue weighted by Gasteiger charge is 2.16. The van der Waals surface area contributed by atoms with Crippen molar-refractivity contribution in [3.63, 3.8) is 0 Å². The summed E-state index contributed by atoms with van der Waals surface area (Å²) in [6.45, 7) is 4.63. The van der Waals surface area contributed by atoms with Crippen LogP contribution in [0.2, 0.25) is 0 Å². The SMILES string of the molecule is CCCn1c(CBr)nnc1-c1ccc([N+](=O)[O-])c(C)c1. The Morgan fingerprint density at radius 1 is 1.40 bits per heavy atom. The van der Waals surface area contributed by atoms with Gasteiger partial charge in [0.2, 0.25) is 0 Å². The first kappa shape index (κ1) is 14.6. The summed E-state index contributed by atoms with van der Waals surface area (Å²) in [5.41, 5.74) is 1.59. The molecule has 0 radical (unpaired) electrons. The Kier molecular flexibility index (Phi) is 4.49. The number of rotatable bonds is 5. The number of aromatic nitrogens is 3. The molecular weight excluding hydrogens is 324 g/mol. The molecule has 0 bridgehead atoms. The fourth-order valence-electron chi connectivity index (χ4n) is 2.11. The third-order valence-electron chi connectivity index (χ3n) is 3.05. The van der Waals surface area contributed by atoms with E-state index in [0.29, 0.717) is 10.9 Å². The summed E-state index contributed by atoms with van der Waals surface area (Å²) in [5, 5.41) is 19.8. The summed E-state index contributed by atoms with van der Waals surface area (Å²) >= 11 is 3.40. The molecule has 1 aromatic carbocycles. The van der Waals surface area contributed by atoms with Crippen LogP contribution in [0.4, 0.5) is 5.69 Å². The van der Waals surface area contributed by atoms with Crippen LogP contribution in [-0.2, 0) is 11.9 Å². The molecule has 0 spiro atoms. The number of nitro benzene ring substituents is 1. The van der Waals surface area contributed by atoms with Gasteiger partial charge < -0.3 is 4.57 Å². The van der Waals surface area contributed by atoms with Crippen molar-refractivity contribution in [1.29, 1.82) is 0 Å². The summed E-state index contributed by atoms with van der Waals surface area (Å²) in [7, 11) is 0. The number of hydrogen-bond acceptors (Lipinski definition) is 4. The number of benzene rings is 1. The summed E-state index contributed by atoms with van der Waals surface area (Å²) in [6.07, 6.45) is 0.969. The molecule has 0 aliphatic carbocycles. The predicted octanol–water partition coefficient (Wildman–Crippen LogP) is 3.47. The Labute approximate surface area is 125 Å². The van der Waals surface area contributed by atoms with Gasteiger partial charge in [-0.1, -0.05) is 22.9 Å². The van der Waals surface area contributed by atoms with Gasteiger partial charge >= 0.3 is 0 Å². The first-order valence-corrected chi connectivity index (χ1v) is 7.44. The zero-order valence-corrected chi connectivity index (χ0v) is 12.9. The second-order valence-corrected chi connectivity index (χ2v) is 5.04. The zero-order valence-electron chi connectivity index (χ0n) is 11.3. The molecule has 0 N–H and O–H groups in total. The van der Waals surface area contributed by atoms with Gasteiger partial charge in [-0.05, 0) is 25.5 Å². The van der Waals surface area contributed by atoms with Crippen LogP contribution in [0.25, 0.3) is 11.4 Å². The van der Waals surface area contributed by atoms with Crippen molar-refractivity contribution in [3.05, 3.63) is 39.7 Å². The molecule has 1 heterocycles. The molecule has 2 aromatic rings. The van der Waals surface area contributed by atoms with Crippen molar-refractivity contribution in [2.24, 2.45) is 0 Å². The highest BCUT2D eigenvalue weighted by atomic mass is 79.9. The number of aryl methyl sites for hydroxylation is 1. The standard InChI is InChI=1S/C13H15BrN4O2/c1-3-6-17-12(8-14)15-16-13(17)10-4-5-11(18(19)20)9(2)7-10/h4-5,7H,3,6,8H2,1-2H3. The molecule has 0 unspecified atom stereocenters. The molecular formula is C13H15BrN4O2. The van der Waals surface area contributed by atoms with Gasteiger partial charge in [-0.25, -0.2) is 0 Å². The summed E-state index contributed by atoms with van der Waals surface area (Å²) in [4.78, 5) is 10.5. The van der Waals surface area contributed by atoms with Crippen molar-refractivity contribution in [2.45, 2.75) is 32.1 Å². The average Bonchev–Trinajstić information content (AvgIpc) is 2.81. The molecule has 0 saturated heterocycles. The van der Waals surface area contributed by atoms with E-state index in [1.165, 1.54) is 6.07 Å². The maximum Gasteiger partial charge on any atom is 0.272 e. The lowest BCUT2D eigenvalue weighted by Crippen LogP contribution is -2.04. The minimum atomic E-state index is -0.375. The normalized spacial score (nSPS) is 10.8. The second-order valence-electron chi connectivity index (χ2n) is 4.48. The number of nitrogens with zero attached hydrogens (tertiary/aromatic N) is 4. The second kappa shape index (κ2) is 6.13. The molecule has 0 amide bonds. The van der Waals surface area contributed by atoms with Crippen molar-refractivity contribution in [3.8, 4) is 11.4 Å². The Balaban J connectivity index is 2.49. The quantitative estimate of drug-likeness (QED) is 0.475. The molecule has 106 valence electrons. The van der Waals surface area contributed by atoms with Crippen LogP contribution in [0.1, 0.15) is 24.7 Å². The monoisotopic (exact) mass is 338 g/mol. The van der Waals surface area contributed by atoms with Crippen LogP contribution in [0, 0.1) is 17.0 Å². The Morgan fingerprint density at radius 2 is 2.15 bits per heavy atom. The van der Waals surface area contributed by atoms with E-state index in [2.05, 4.69) is 33.1 Å². The Bertz CT molecular complexity index is 639. The van der Waals surface area contributed by atoms with E-state index >= 15 is 0 Å². The fraction of sp³-hybridized carbons (Fsp3) is 0.385. The van der Waals surface area contributed by atoms with E-state index in [1.54, 1.807) is 19.1 Å². The zero-order chi connectivity index (χ0) is 14.7. The fourth-order valence-corrected chi connectivity index (χ4v) is 2.52. The molecule has 0 aliphatic rings. The molecule has 0 aliphatic heterocycles. The minimum Gasteiger partial charge on any atom is -0.310 e. The number of alkyl halides is 1. The van der Waals surface area contributed by atoms with Gasteiger partial charge in [0.05, 0.1) is 10.3 Å². The van der Waals surface area contributed by atoms with E-state index in [0.717, 1.165) is 30.2 Å². The van der Waals surface area contributed by atoms with Gasteiger partial charge in [0, 0.05) is 23.7 Å². The third kappa shape index (κ3) is 2.72. The van der Waals surface area contributed by atoms with Crippen molar-refractivity contribution >= 4 is 21.6 Å². The van der Waals surface area contributed by atoms with Gasteiger partial charge in [0.15, 0.2) is 5.82 Å². The van der Waals surface area contributed by atoms with E-state index < -0.39 is 0 Å². The van der Waals surface area contributed by atoms with Crippen molar-refractivity contribution < 1.29 is 4.92 Å². The van der Waals surface area contributed by atoms with Crippen LogP contribution >= 0.6 is 15.9 Å². The minimum absolute atomic E-state index is 0.121. The third-order valence-corrected chi connectivity index (χ3v) is 3.55. The topological polar surface area (TPSA) is 73.8 Å². The van der Waals surface area contributed by atoms with Crippen molar-refractivity contribution in [2.75, 3.05) is 0 Å². The van der Waals surface area contributed by atoms with E-state index in [9.17, 15) is 10.1 Å². The smallest absolute Gasteiger partial charge is 0.272 e. The van der Waals surface area contributed by atoms with Gasteiger partial charge in [0.25, 0.3) is 5.69 Å². The van der Waals surface area contributed by atoms with Gasteiger partial charge in [0.1, 0.15) is 5.82 Å². The lowest BCUT2D eigenvalue weighted by atomic mass is 10.1. The highest BCUT2D eigenvalue weighted by molar-refractivity contribution is 9.08. The molecule has 7 heteroatoms. The predicted molar refractivity (Wildman–Crippen MR) is 79.8 cm³/mol. The maximum atomic E-state index is 10.9. The van der Waals surface area contributed by atoms with Crippen LogP contribution in [0.3, 0.4) is 0 Å². The van der Waals surface area contributed by atoms with E-state index in [-0.39, 0.29) is 10.6 Å².